The van der Waals surface area contributed by atoms with Gasteiger partial charge in [0.15, 0.2) is 6.54 Å². The van der Waals surface area contributed by atoms with Crippen LogP contribution in [0.4, 0.5) is 11.4 Å². The normalized spacial score (nSPS) is 18.5. The number of nitrogens with one attached hydrogen (secondary N) is 2. The van der Waals surface area contributed by atoms with Gasteiger partial charge in [-0.15, -0.1) is 0 Å². The Morgan fingerprint density at radius 1 is 1.21 bits per heavy atom. The molecule has 1 unspecified atom stereocenters. The highest BCUT2D eigenvalue weighted by atomic mass is 16.6. The van der Waals surface area contributed by atoms with Gasteiger partial charge in [-0.25, -0.2) is 0 Å². The fraction of sp³-hybridized carbons (Fsp3) is 0.350. The molecule has 3 rings (SSSR count). The molecule has 1 fully saturated rings. The molecule has 0 aromatic heterocycles. The van der Waals surface area contributed by atoms with Crippen LogP contribution in [-0.2, 0) is 4.79 Å². The van der Waals surface area contributed by atoms with Gasteiger partial charge >= 0.3 is 0 Å². The van der Waals surface area contributed by atoms with Crippen LogP contribution in [-0.4, -0.2) is 38.1 Å². The lowest BCUT2D eigenvalue weighted by molar-refractivity contribution is -0.910. The Bertz CT molecular complexity index is 853. The maximum absolute atomic E-state index is 12.5. The van der Waals surface area contributed by atoms with Gasteiger partial charge in [-0.2, -0.15) is 0 Å². The molecule has 1 aliphatic rings. The Hall–Kier alpha value is -3.13. The SMILES string of the molecule is COc1ccc([C@H]2CCC[NH+]2CC(=O)Nc2ccc([N+](=O)[O-])cc2)c(OC)c1. The average Bonchev–Trinajstić information content (AvgIpc) is 3.15. The summed E-state index contributed by atoms with van der Waals surface area (Å²) >= 11 is 0. The Labute approximate surface area is 163 Å². The van der Waals surface area contributed by atoms with Crippen molar-refractivity contribution in [2.24, 2.45) is 0 Å². The number of likely N-dealkylation sites (tertiary alicyclic amines) is 1. The molecule has 1 saturated heterocycles. The van der Waals surface area contributed by atoms with E-state index in [0.29, 0.717) is 12.2 Å². The van der Waals surface area contributed by atoms with Crippen molar-refractivity contribution in [3.63, 3.8) is 0 Å². The second-order valence-corrected chi connectivity index (χ2v) is 6.74. The summed E-state index contributed by atoms with van der Waals surface area (Å²) in [5.41, 5.74) is 1.61. The molecule has 8 nitrogen and oxygen atoms in total. The number of rotatable bonds is 7. The standard InChI is InChI=1S/C20H23N3O5/c1-27-16-9-10-17(19(12-16)28-2)18-4-3-11-22(18)13-20(24)21-14-5-7-15(8-6-14)23(25)26/h5-10,12,18H,3-4,11,13H2,1-2H3,(H,21,24)/p+1/t18-/m1/s1. The molecule has 2 aromatic carbocycles. The van der Waals surface area contributed by atoms with Gasteiger partial charge in [0.2, 0.25) is 0 Å². The van der Waals surface area contributed by atoms with Crippen molar-refractivity contribution >= 4 is 17.3 Å². The van der Waals surface area contributed by atoms with E-state index in [0.717, 1.165) is 36.4 Å². The van der Waals surface area contributed by atoms with E-state index in [1.54, 1.807) is 26.4 Å². The summed E-state index contributed by atoms with van der Waals surface area (Å²) < 4.78 is 10.8. The highest BCUT2D eigenvalue weighted by molar-refractivity contribution is 5.91. The van der Waals surface area contributed by atoms with Gasteiger partial charge < -0.3 is 19.7 Å². The molecule has 1 aliphatic heterocycles. The molecule has 1 heterocycles. The van der Waals surface area contributed by atoms with Crippen molar-refractivity contribution in [2.45, 2.75) is 18.9 Å². The smallest absolute Gasteiger partial charge is 0.279 e. The lowest BCUT2D eigenvalue weighted by Gasteiger charge is -2.23. The number of anilines is 1. The highest BCUT2D eigenvalue weighted by Crippen LogP contribution is 2.31. The van der Waals surface area contributed by atoms with Crippen LogP contribution in [0.3, 0.4) is 0 Å². The first-order valence-electron chi connectivity index (χ1n) is 9.12. The van der Waals surface area contributed by atoms with E-state index < -0.39 is 4.92 Å². The van der Waals surface area contributed by atoms with Crippen LogP contribution in [0.2, 0.25) is 0 Å². The third-order valence-corrected chi connectivity index (χ3v) is 5.05. The maximum Gasteiger partial charge on any atom is 0.279 e. The zero-order chi connectivity index (χ0) is 20.1. The molecule has 0 aliphatic carbocycles. The topological polar surface area (TPSA) is 95.1 Å². The summed E-state index contributed by atoms with van der Waals surface area (Å²) in [5.74, 6) is 1.37. The Morgan fingerprint density at radius 3 is 2.61 bits per heavy atom. The van der Waals surface area contributed by atoms with Crippen LogP contribution in [0.15, 0.2) is 42.5 Å². The lowest BCUT2D eigenvalue weighted by Crippen LogP contribution is -3.11. The molecular weight excluding hydrogens is 362 g/mol. The maximum atomic E-state index is 12.5. The number of methoxy groups -OCH3 is 2. The van der Waals surface area contributed by atoms with E-state index >= 15 is 0 Å². The molecule has 28 heavy (non-hydrogen) atoms. The molecule has 2 N–H and O–H groups in total. The lowest BCUT2D eigenvalue weighted by atomic mass is 10.0. The van der Waals surface area contributed by atoms with Crippen molar-refractivity contribution in [1.82, 2.24) is 0 Å². The predicted molar refractivity (Wildman–Crippen MR) is 104 cm³/mol. The zero-order valence-corrected chi connectivity index (χ0v) is 15.9. The number of carbonyl (C=O) groups excluding carboxylic acids is 1. The number of nitrogens with zero attached hydrogens (tertiary/aromatic N) is 1. The van der Waals surface area contributed by atoms with Gasteiger partial charge in [0, 0.05) is 36.7 Å². The quantitative estimate of drug-likeness (QED) is 0.560. The van der Waals surface area contributed by atoms with Crippen LogP contribution in [0.1, 0.15) is 24.4 Å². The van der Waals surface area contributed by atoms with Gasteiger partial charge in [0.25, 0.3) is 11.6 Å². The summed E-state index contributed by atoms with van der Waals surface area (Å²) in [6.45, 7) is 1.21. The number of amides is 1. The number of ether oxygens (including phenoxy) is 2. The second-order valence-electron chi connectivity index (χ2n) is 6.74. The second kappa shape index (κ2) is 8.71. The van der Waals surface area contributed by atoms with Crippen molar-refractivity contribution in [3.8, 4) is 11.5 Å². The largest absolute Gasteiger partial charge is 0.497 e. The van der Waals surface area contributed by atoms with E-state index in [1.165, 1.54) is 17.0 Å². The monoisotopic (exact) mass is 386 g/mol. The van der Waals surface area contributed by atoms with Crippen LogP contribution in [0, 0.1) is 10.1 Å². The molecule has 0 radical (unpaired) electrons. The summed E-state index contributed by atoms with van der Waals surface area (Å²) in [6, 6.07) is 11.8. The first-order chi connectivity index (χ1) is 13.5. The highest BCUT2D eigenvalue weighted by Gasteiger charge is 2.33. The molecule has 0 saturated carbocycles. The molecule has 8 heteroatoms. The van der Waals surface area contributed by atoms with Crippen molar-refractivity contribution in [2.75, 3.05) is 32.6 Å². The molecule has 0 spiro atoms. The predicted octanol–water partition coefficient (Wildman–Crippen LogP) is 1.97. The van der Waals surface area contributed by atoms with E-state index in [-0.39, 0.29) is 17.6 Å². The number of carbonyl (C=O) groups is 1. The third kappa shape index (κ3) is 4.40. The summed E-state index contributed by atoms with van der Waals surface area (Å²) in [4.78, 5) is 23.9. The summed E-state index contributed by atoms with van der Waals surface area (Å²) in [7, 11) is 3.25. The Kier molecular flexibility index (Phi) is 6.10. The molecule has 2 aromatic rings. The van der Waals surface area contributed by atoms with Gasteiger partial charge in [0.1, 0.15) is 17.5 Å². The van der Waals surface area contributed by atoms with Crippen molar-refractivity contribution in [1.29, 1.82) is 0 Å². The summed E-state index contributed by atoms with van der Waals surface area (Å²) in [6.07, 6.45) is 2.00. The van der Waals surface area contributed by atoms with E-state index in [4.69, 9.17) is 9.47 Å². The van der Waals surface area contributed by atoms with Gasteiger partial charge in [0.05, 0.1) is 31.3 Å². The molecule has 148 valence electrons. The Balaban J connectivity index is 1.68. The minimum atomic E-state index is -0.465. The first-order valence-corrected chi connectivity index (χ1v) is 9.12. The number of nitro groups is 1. The van der Waals surface area contributed by atoms with E-state index in [2.05, 4.69) is 5.32 Å². The zero-order valence-electron chi connectivity index (χ0n) is 15.9. The van der Waals surface area contributed by atoms with Crippen LogP contribution < -0.4 is 19.7 Å². The molecule has 0 bridgehead atoms. The fourth-order valence-corrected chi connectivity index (χ4v) is 3.68. The molecule has 1 amide bonds. The van der Waals surface area contributed by atoms with Gasteiger partial charge in [-0.05, 0) is 24.3 Å². The molecule has 2 atom stereocenters. The number of non-ortho nitro benzene ring substituents is 1. The van der Waals surface area contributed by atoms with E-state index in [1.807, 2.05) is 18.2 Å². The van der Waals surface area contributed by atoms with Gasteiger partial charge in [-0.1, -0.05) is 0 Å². The van der Waals surface area contributed by atoms with Crippen LogP contribution >= 0.6 is 0 Å². The average molecular weight is 386 g/mol. The summed E-state index contributed by atoms with van der Waals surface area (Å²) in [5, 5.41) is 13.5. The Morgan fingerprint density at radius 2 is 1.96 bits per heavy atom. The number of quaternary nitrogens is 1. The fourth-order valence-electron chi connectivity index (χ4n) is 3.68. The number of hydrogen-bond donors (Lipinski definition) is 2. The number of hydrogen-bond acceptors (Lipinski definition) is 5. The first kappa shape index (κ1) is 19.6. The van der Waals surface area contributed by atoms with E-state index in [9.17, 15) is 14.9 Å². The number of benzene rings is 2. The number of nitro benzene ring substituents is 1. The molecular formula is C20H24N3O5+. The van der Waals surface area contributed by atoms with Crippen molar-refractivity contribution in [3.05, 3.63) is 58.1 Å². The van der Waals surface area contributed by atoms with Crippen molar-refractivity contribution < 1.29 is 24.1 Å². The van der Waals surface area contributed by atoms with Crippen LogP contribution in [0.5, 0.6) is 11.5 Å². The van der Waals surface area contributed by atoms with Crippen LogP contribution in [0.25, 0.3) is 0 Å². The third-order valence-electron chi connectivity index (χ3n) is 5.05. The minimum absolute atomic E-state index is 0.00479. The van der Waals surface area contributed by atoms with Gasteiger partial charge in [-0.3, -0.25) is 14.9 Å². The minimum Gasteiger partial charge on any atom is -0.497 e.